The second-order valence-electron chi connectivity index (χ2n) is 3.01. The lowest BCUT2D eigenvalue weighted by Crippen LogP contribution is -2.45. The van der Waals surface area contributed by atoms with E-state index in [9.17, 15) is 9.59 Å². The van der Waals surface area contributed by atoms with Crippen LogP contribution in [-0.4, -0.2) is 51.3 Å². The first-order valence-corrected chi connectivity index (χ1v) is 4.11. The van der Waals surface area contributed by atoms with Gasteiger partial charge >= 0.3 is 0 Å². The lowest BCUT2D eigenvalue weighted by atomic mass is 10.2. The van der Waals surface area contributed by atoms with Crippen LogP contribution in [-0.2, 0) is 9.59 Å². The van der Waals surface area contributed by atoms with E-state index in [0.717, 1.165) is 12.8 Å². The van der Waals surface area contributed by atoms with Crippen LogP contribution in [0.1, 0.15) is 12.8 Å². The molecular weight excluding hydrogens is 190 g/mol. The second kappa shape index (κ2) is 3.62. The van der Waals surface area contributed by atoms with E-state index in [2.05, 4.69) is 5.16 Å². The van der Waals surface area contributed by atoms with Gasteiger partial charge in [0, 0.05) is 13.1 Å². The Morgan fingerprint density at radius 1 is 1.07 bits per heavy atom. The quantitative estimate of drug-likeness (QED) is 0.375. The fraction of sp³-hybridized carbons (Fsp3) is 0.571. The predicted molar refractivity (Wildman–Crippen MR) is 45.5 cm³/mol. The molecule has 2 amide bonds. The van der Waals surface area contributed by atoms with Gasteiger partial charge in [-0.2, -0.15) is 0 Å². The van der Waals surface area contributed by atoms with Gasteiger partial charge in [0.2, 0.25) is 5.71 Å². The molecule has 0 aromatic rings. The summed E-state index contributed by atoms with van der Waals surface area (Å²) in [6, 6.07) is 0. The molecule has 0 spiro atoms. The van der Waals surface area contributed by atoms with Gasteiger partial charge in [-0.1, -0.05) is 5.16 Å². The number of carbonyl (C=O) groups excluding carboxylic acids is 2. The maximum Gasteiger partial charge on any atom is 0.300 e. The molecule has 0 atom stereocenters. The normalized spacial score (nSPS) is 20.7. The third-order valence-electron chi connectivity index (χ3n) is 2.26. The summed E-state index contributed by atoms with van der Waals surface area (Å²) < 4.78 is 0. The Morgan fingerprint density at radius 3 is 1.86 bits per heavy atom. The third kappa shape index (κ3) is 1.22. The molecule has 0 bridgehead atoms. The standard InChI is InChI=1S/C7H9N3O3.H2O/c11-6-5(8-13)7(12)10-4-2-1-3-9(6)10;/h13H,1-4H2;1H2. The molecule has 78 valence electrons. The molecule has 3 N–H and O–H groups in total. The zero-order valence-electron chi connectivity index (χ0n) is 7.43. The van der Waals surface area contributed by atoms with Crippen LogP contribution in [0.2, 0.25) is 0 Å². The zero-order chi connectivity index (χ0) is 9.42. The number of carbonyl (C=O) groups is 2. The van der Waals surface area contributed by atoms with E-state index >= 15 is 0 Å². The van der Waals surface area contributed by atoms with Crippen LogP contribution in [0.3, 0.4) is 0 Å². The molecule has 2 saturated heterocycles. The maximum atomic E-state index is 11.4. The molecule has 2 aliphatic heterocycles. The van der Waals surface area contributed by atoms with E-state index < -0.39 is 11.8 Å². The van der Waals surface area contributed by atoms with Crippen molar-refractivity contribution in [3.63, 3.8) is 0 Å². The number of oxime groups is 1. The first kappa shape index (κ1) is 10.5. The highest BCUT2D eigenvalue weighted by molar-refractivity contribution is 6.67. The lowest BCUT2D eigenvalue weighted by molar-refractivity contribution is -0.150. The molecule has 2 rings (SSSR count). The summed E-state index contributed by atoms with van der Waals surface area (Å²) in [5, 5.41) is 13.8. The third-order valence-corrected chi connectivity index (χ3v) is 2.26. The molecule has 0 aliphatic carbocycles. The molecular formula is C7H11N3O4. The minimum Gasteiger partial charge on any atom is -0.412 e. The molecule has 2 aliphatic rings. The minimum atomic E-state index is -0.493. The first-order chi connectivity index (χ1) is 6.25. The van der Waals surface area contributed by atoms with Gasteiger partial charge in [-0.3, -0.25) is 9.59 Å². The van der Waals surface area contributed by atoms with E-state index in [0.29, 0.717) is 13.1 Å². The predicted octanol–water partition coefficient (Wildman–Crippen LogP) is -1.63. The van der Waals surface area contributed by atoms with Crippen LogP contribution < -0.4 is 0 Å². The van der Waals surface area contributed by atoms with Crippen molar-refractivity contribution in [3.8, 4) is 0 Å². The molecule has 0 unspecified atom stereocenters. The summed E-state index contributed by atoms with van der Waals surface area (Å²) in [5.41, 5.74) is -0.373. The van der Waals surface area contributed by atoms with Gasteiger partial charge in [-0.25, -0.2) is 10.0 Å². The van der Waals surface area contributed by atoms with Crippen molar-refractivity contribution in [2.45, 2.75) is 12.8 Å². The van der Waals surface area contributed by atoms with Gasteiger partial charge in [0.1, 0.15) is 0 Å². The molecule has 0 saturated carbocycles. The first-order valence-electron chi connectivity index (χ1n) is 4.11. The number of fused-ring (bicyclic) bond motifs is 1. The fourth-order valence-electron chi connectivity index (χ4n) is 1.61. The van der Waals surface area contributed by atoms with Crippen LogP contribution >= 0.6 is 0 Å². The number of rotatable bonds is 0. The summed E-state index contributed by atoms with van der Waals surface area (Å²) in [6.45, 7) is 1.06. The molecule has 0 radical (unpaired) electrons. The van der Waals surface area contributed by atoms with Gasteiger partial charge in [0.15, 0.2) is 0 Å². The Labute approximate surface area is 79.9 Å². The number of hydrogen-bond acceptors (Lipinski definition) is 4. The van der Waals surface area contributed by atoms with Gasteiger partial charge in [-0.05, 0) is 12.8 Å². The van der Waals surface area contributed by atoms with Crippen molar-refractivity contribution in [1.82, 2.24) is 10.0 Å². The van der Waals surface area contributed by atoms with Crippen molar-refractivity contribution in [2.75, 3.05) is 13.1 Å². The van der Waals surface area contributed by atoms with Crippen LogP contribution in [0.25, 0.3) is 0 Å². The lowest BCUT2D eigenvalue weighted by Gasteiger charge is -2.31. The average Bonchev–Trinajstić information content (AvgIpc) is 2.41. The Hall–Kier alpha value is -1.63. The molecule has 0 aromatic carbocycles. The van der Waals surface area contributed by atoms with Gasteiger partial charge in [0.25, 0.3) is 11.8 Å². The molecule has 0 aromatic heterocycles. The summed E-state index contributed by atoms with van der Waals surface area (Å²) in [7, 11) is 0. The molecule has 14 heavy (non-hydrogen) atoms. The van der Waals surface area contributed by atoms with E-state index in [1.807, 2.05) is 0 Å². The van der Waals surface area contributed by atoms with E-state index in [1.165, 1.54) is 10.0 Å². The summed E-state index contributed by atoms with van der Waals surface area (Å²) in [6.07, 6.45) is 1.77. The monoisotopic (exact) mass is 201 g/mol. The summed E-state index contributed by atoms with van der Waals surface area (Å²) in [4.78, 5) is 22.7. The van der Waals surface area contributed by atoms with Gasteiger partial charge < -0.3 is 10.7 Å². The highest BCUT2D eigenvalue weighted by atomic mass is 16.4. The van der Waals surface area contributed by atoms with Crippen LogP contribution in [0.5, 0.6) is 0 Å². The summed E-state index contributed by atoms with van der Waals surface area (Å²) >= 11 is 0. The van der Waals surface area contributed by atoms with E-state index in [-0.39, 0.29) is 11.2 Å². The number of hydrazine groups is 1. The van der Waals surface area contributed by atoms with Crippen molar-refractivity contribution in [2.24, 2.45) is 5.16 Å². The van der Waals surface area contributed by atoms with Crippen molar-refractivity contribution in [1.29, 1.82) is 0 Å². The zero-order valence-corrected chi connectivity index (χ0v) is 7.43. The highest BCUT2D eigenvalue weighted by Crippen LogP contribution is 2.18. The average molecular weight is 201 g/mol. The van der Waals surface area contributed by atoms with Crippen molar-refractivity contribution >= 4 is 17.5 Å². The van der Waals surface area contributed by atoms with Crippen LogP contribution in [0, 0.1) is 0 Å². The van der Waals surface area contributed by atoms with Crippen molar-refractivity contribution in [3.05, 3.63) is 0 Å². The smallest absolute Gasteiger partial charge is 0.300 e. The second-order valence-corrected chi connectivity index (χ2v) is 3.01. The molecule has 7 heteroatoms. The Kier molecular flexibility index (Phi) is 2.70. The number of hydrogen-bond donors (Lipinski definition) is 1. The van der Waals surface area contributed by atoms with Crippen LogP contribution in [0.15, 0.2) is 5.16 Å². The van der Waals surface area contributed by atoms with Gasteiger partial charge in [0.05, 0.1) is 0 Å². The molecule has 7 nitrogen and oxygen atoms in total. The fourth-order valence-corrected chi connectivity index (χ4v) is 1.61. The Balaban J connectivity index is 0.000000980. The molecule has 2 heterocycles. The molecule has 2 fully saturated rings. The number of amides is 2. The van der Waals surface area contributed by atoms with Crippen molar-refractivity contribution < 1.29 is 20.3 Å². The summed E-state index contributed by atoms with van der Waals surface area (Å²) in [5.74, 6) is -0.987. The van der Waals surface area contributed by atoms with Gasteiger partial charge in [-0.15, -0.1) is 0 Å². The maximum absolute atomic E-state index is 11.4. The Morgan fingerprint density at radius 2 is 1.50 bits per heavy atom. The topological polar surface area (TPSA) is 105 Å². The SMILES string of the molecule is O.O=C1C(=NO)C(=O)N2CCCCN12. The van der Waals surface area contributed by atoms with E-state index in [1.54, 1.807) is 0 Å². The Bertz CT molecular complexity index is 275. The number of nitrogens with zero attached hydrogens (tertiary/aromatic N) is 3. The largest absolute Gasteiger partial charge is 0.412 e. The highest BCUT2D eigenvalue weighted by Gasteiger charge is 2.43. The van der Waals surface area contributed by atoms with E-state index in [4.69, 9.17) is 5.21 Å². The minimum absolute atomic E-state index is 0. The van der Waals surface area contributed by atoms with Crippen LogP contribution in [0.4, 0.5) is 0 Å².